The van der Waals surface area contributed by atoms with Crippen LogP contribution in [0.15, 0.2) is 4.47 Å². The second-order valence-electron chi connectivity index (χ2n) is 4.73. The average Bonchev–Trinajstić information content (AvgIpc) is 2.74. The molecule has 1 fully saturated rings. The Hall–Kier alpha value is -0.390. The minimum atomic E-state index is -0.763. The second-order valence-corrected chi connectivity index (χ2v) is 5.52. The largest absolute Gasteiger partial charge is 0.387 e. The van der Waals surface area contributed by atoms with Gasteiger partial charge in [-0.25, -0.2) is 0 Å². The van der Waals surface area contributed by atoms with Crippen LogP contribution in [0.5, 0.6) is 0 Å². The van der Waals surface area contributed by atoms with Crippen LogP contribution in [-0.2, 0) is 24.6 Å². The SMILES string of the molecule is CCc1nn(C)c(CC2(O)CCOC2C)c1Br. The molecule has 2 heterocycles. The summed E-state index contributed by atoms with van der Waals surface area (Å²) in [6.07, 6.45) is 2.04. The van der Waals surface area contributed by atoms with Gasteiger partial charge >= 0.3 is 0 Å². The van der Waals surface area contributed by atoms with Crippen LogP contribution >= 0.6 is 15.9 Å². The Morgan fingerprint density at radius 2 is 2.35 bits per heavy atom. The molecular weight excluding hydrogens is 284 g/mol. The van der Waals surface area contributed by atoms with Crippen LogP contribution in [0.3, 0.4) is 0 Å². The maximum absolute atomic E-state index is 10.6. The highest BCUT2D eigenvalue weighted by molar-refractivity contribution is 9.10. The molecule has 1 aromatic rings. The van der Waals surface area contributed by atoms with E-state index in [0.29, 0.717) is 19.4 Å². The average molecular weight is 303 g/mol. The highest BCUT2D eigenvalue weighted by Gasteiger charge is 2.40. The molecule has 0 amide bonds. The van der Waals surface area contributed by atoms with Crippen molar-refractivity contribution in [2.24, 2.45) is 7.05 Å². The van der Waals surface area contributed by atoms with Crippen LogP contribution in [-0.4, -0.2) is 33.2 Å². The summed E-state index contributed by atoms with van der Waals surface area (Å²) in [6, 6.07) is 0. The molecule has 1 N–H and O–H groups in total. The van der Waals surface area contributed by atoms with Crippen LogP contribution in [0.25, 0.3) is 0 Å². The third-order valence-electron chi connectivity index (χ3n) is 3.64. The molecular formula is C12H19BrN2O2. The lowest BCUT2D eigenvalue weighted by atomic mass is 9.91. The monoisotopic (exact) mass is 302 g/mol. The van der Waals surface area contributed by atoms with Gasteiger partial charge in [0.1, 0.15) is 0 Å². The number of aliphatic hydroxyl groups is 1. The van der Waals surface area contributed by atoms with E-state index in [1.54, 1.807) is 0 Å². The first-order valence-corrected chi connectivity index (χ1v) is 6.81. The zero-order chi connectivity index (χ0) is 12.6. The Morgan fingerprint density at radius 1 is 1.65 bits per heavy atom. The summed E-state index contributed by atoms with van der Waals surface area (Å²) in [6.45, 7) is 4.64. The summed E-state index contributed by atoms with van der Waals surface area (Å²) in [7, 11) is 1.92. The minimum Gasteiger partial charge on any atom is -0.387 e. The number of rotatable bonds is 3. The van der Waals surface area contributed by atoms with E-state index >= 15 is 0 Å². The zero-order valence-corrected chi connectivity index (χ0v) is 12.1. The Kier molecular flexibility index (Phi) is 3.61. The van der Waals surface area contributed by atoms with E-state index in [1.807, 2.05) is 18.7 Å². The smallest absolute Gasteiger partial charge is 0.0982 e. The fourth-order valence-corrected chi connectivity index (χ4v) is 3.06. The Bertz CT molecular complexity index is 419. The highest BCUT2D eigenvalue weighted by Crippen LogP contribution is 2.32. The van der Waals surface area contributed by atoms with Crippen molar-refractivity contribution in [1.29, 1.82) is 0 Å². The first-order valence-electron chi connectivity index (χ1n) is 6.02. The molecule has 0 saturated carbocycles. The summed E-state index contributed by atoms with van der Waals surface area (Å²) < 4.78 is 8.33. The lowest BCUT2D eigenvalue weighted by Crippen LogP contribution is -2.39. The highest BCUT2D eigenvalue weighted by atomic mass is 79.9. The van der Waals surface area contributed by atoms with E-state index in [4.69, 9.17) is 4.74 Å². The van der Waals surface area contributed by atoms with Crippen LogP contribution in [0.4, 0.5) is 0 Å². The summed E-state index contributed by atoms with van der Waals surface area (Å²) in [4.78, 5) is 0. The van der Waals surface area contributed by atoms with E-state index in [9.17, 15) is 5.11 Å². The van der Waals surface area contributed by atoms with Crippen molar-refractivity contribution in [3.63, 3.8) is 0 Å². The number of aryl methyl sites for hydroxylation is 2. The molecule has 1 aliphatic rings. The molecule has 0 bridgehead atoms. The molecule has 4 nitrogen and oxygen atoms in total. The lowest BCUT2D eigenvalue weighted by Gasteiger charge is -2.26. The molecule has 0 radical (unpaired) electrons. The Balaban J connectivity index is 2.27. The van der Waals surface area contributed by atoms with Gasteiger partial charge in [-0.05, 0) is 29.3 Å². The van der Waals surface area contributed by atoms with E-state index in [0.717, 1.165) is 22.3 Å². The second kappa shape index (κ2) is 4.71. The molecule has 1 aliphatic heterocycles. The van der Waals surface area contributed by atoms with Crippen molar-refractivity contribution in [1.82, 2.24) is 9.78 Å². The number of aromatic nitrogens is 2. The van der Waals surface area contributed by atoms with Crippen molar-refractivity contribution in [3.05, 3.63) is 15.9 Å². The van der Waals surface area contributed by atoms with Crippen molar-refractivity contribution in [3.8, 4) is 0 Å². The number of hydrogen-bond acceptors (Lipinski definition) is 3. The fourth-order valence-electron chi connectivity index (χ4n) is 2.30. The predicted molar refractivity (Wildman–Crippen MR) is 69.0 cm³/mol. The molecule has 1 saturated heterocycles. The zero-order valence-electron chi connectivity index (χ0n) is 10.5. The fraction of sp³-hybridized carbons (Fsp3) is 0.750. The third-order valence-corrected chi connectivity index (χ3v) is 4.55. The molecule has 2 rings (SSSR count). The predicted octanol–water partition coefficient (Wildman–Crippen LogP) is 1.83. The van der Waals surface area contributed by atoms with Gasteiger partial charge in [0.15, 0.2) is 0 Å². The van der Waals surface area contributed by atoms with E-state index < -0.39 is 5.60 Å². The molecule has 17 heavy (non-hydrogen) atoms. The Labute approximate surface area is 110 Å². The number of nitrogens with zero attached hydrogens (tertiary/aromatic N) is 2. The van der Waals surface area contributed by atoms with Gasteiger partial charge in [0.05, 0.1) is 27.6 Å². The van der Waals surface area contributed by atoms with Crippen LogP contribution < -0.4 is 0 Å². The van der Waals surface area contributed by atoms with Gasteiger partial charge in [-0.2, -0.15) is 5.10 Å². The maximum atomic E-state index is 10.6. The molecule has 96 valence electrons. The van der Waals surface area contributed by atoms with Crippen molar-refractivity contribution >= 4 is 15.9 Å². The van der Waals surface area contributed by atoms with Gasteiger partial charge < -0.3 is 9.84 Å². The van der Waals surface area contributed by atoms with Gasteiger partial charge in [-0.15, -0.1) is 0 Å². The quantitative estimate of drug-likeness (QED) is 0.926. The number of ether oxygens (including phenoxy) is 1. The normalized spacial score (nSPS) is 28.9. The van der Waals surface area contributed by atoms with Gasteiger partial charge in [0.25, 0.3) is 0 Å². The topological polar surface area (TPSA) is 47.3 Å². The third kappa shape index (κ3) is 2.28. The Morgan fingerprint density at radius 3 is 2.82 bits per heavy atom. The first kappa shape index (κ1) is 13.1. The number of halogens is 1. The van der Waals surface area contributed by atoms with E-state index in [1.165, 1.54) is 0 Å². The molecule has 5 heteroatoms. The van der Waals surface area contributed by atoms with Crippen LogP contribution in [0, 0.1) is 0 Å². The summed E-state index contributed by atoms with van der Waals surface area (Å²) in [5.41, 5.74) is 1.32. The first-order chi connectivity index (χ1) is 7.98. The maximum Gasteiger partial charge on any atom is 0.0982 e. The van der Waals surface area contributed by atoms with Gasteiger partial charge in [0, 0.05) is 26.5 Å². The molecule has 0 spiro atoms. The van der Waals surface area contributed by atoms with E-state index in [2.05, 4.69) is 28.0 Å². The molecule has 0 aliphatic carbocycles. The van der Waals surface area contributed by atoms with Crippen LogP contribution in [0.1, 0.15) is 31.7 Å². The number of hydrogen-bond donors (Lipinski definition) is 1. The summed E-state index contributed by atoms with van der Waals surface area (Å²) >= 11 is 3.58. The molecule has 2 atom stereocenters. The standard InChI is InChI=1S/C12H19BrN2O2/c1-4-9-11(13)10(15(3)14-9)7-12(16)5-6-17-8(12)2/h8,16H,4-7H2,1-3H3. The van der Waals surface area contributed by atoms with Crippen molar-refractivity contribution in [2.45, 2.75) is 44.8 Å². The summed E-state index contributed by atoms with van der Waals surface area (Å²) in [5, 5.41) is 15.0. The lowest BCUT2D eigenvalue weighted by molar-refractivity contribution is -0.0280. The van der Waals surface area contributed by atoms with Crippen molar-refractivity contribution < 1.29 is 9.84 Å². The van der Waals surface area contributed by atoms with Gasteiger partial charge in [0.2, 0.25) is 0 Å². The minimum absolute atomic E-state index is 0.116. The van der Waals surface area contributed by atoms with Crippen LogP contribution in [0.2, 0.25) is 0 Å². The molecule has 2 unspecified atom stereocenters. The van der Waals surface area contributed by atoms with Crippen molar-refractivity contribution in [2.75, 3.05) is 6.61 Å². The van der Waals surface area contributed by atoms with Gasteiger partial charge in [-0.3, -0.25) is 4.68 Å². The van der Waals surface area contributed by atoms with Gasteiger partial charge in [-0.1, -0.05) is 6.92 Å². The van der Waals surface area contributed by atoms with E-state index in [-0.39, 0.29) is 6.10 Å². The molecule has 1 aromatic heterocycles. The molecule has 0 aromatic carbocycles. The summed E-state index contributed by atoms with van der Waals surface area (Å²) in [5.74, 6) is 0.